The maximum Gasteiger partial charge on any atom is 0.171 e. The van der Waals surface area contributed by atoms with Crippen molar-refractivity contribution < 1.29 is 4.52 Å². The fraction of sp³-hybridized carbons (Fsp3) is 0.438. The van der Waals surface area contributed by atoms with E-state index in [1.807, 2.05) is 0 Å². The van der Waals surface area contributed by atoms with Crippen LogP contribution in [0.25, 0.3) is 11.3 Å². The molecule has 0 saturated heterocycles. The van der Waals surface area contributed by atoms with Crippen LogP contribution in [0.2, 0.25) is 0 Å². The molecule has 1 N–H and O–H groups in total. The maximum atomic E-state index is 5.44. The quantitative estimate of drug-likeness (QED) is 0.908. The highest BCUT2D eigenvalue weighted by atomic mass is 16.5. The molecular weight excluding hydrogens is 236 g/mol. The molecule has 0 spiro atoms. The second-order valence-corrected chi connectivity index (χ2v) is 6.16. The van der Waals surface area contributed by atoms with E-state index in [4.69, 9.17) is 4.52 Å². The average Bonchev–Trinajstić information content (AvgIpc) is 2.72. The Balaban J connectivity index is 2.28. The molecule has 2 aromatic rings. The Bertz CT molecular complexity index is 544. The molecule has 3 heteroatoms. The molecular formula is C16H22N2O. The first-order chi connectivity index (χ1) is 8.85. The lowest BCUT2D eigenvalue weighted by Gasteiger charge is -2.20. The van der Waals surface area contributed by atoms with E-state index in [1.165, 1.54) is 11.1 Å². The van der Waals surface area contributed by atoms with Gasteiger partial charge in [-0.1, -0.05) is 22.3 Å². The van der Waals surface area contributed by atoms with Crippen LogP contribution in [-0.4, -0.2) is 10.7 Å². The highest BCUT2D eigenvalue weighted by Gasteiger charge is 2.14. The van der Waals surface area contributed by atoms with E-state index >= 15 is 0 Å². The molecule has 2 rings (SSSR count). The van der Waals surface area contributed by atoms with Gasteiger partial charge in [-0.05, 0) is 46.8 Å². The predicted molar refractivity (Wildman–Crippen MR) is 78.0 cm³/mol. The van der Waals surface area contributed by atoms with Crippen molar-refractivity contribution in [3.63, 3.8) is 0 Å². The highest BCUT2D eigenvalue weighted by molar-refractivity contribution is 5.62. The fourth-order valence-corrected chi connectivity index (χ4v) is 2.09. The molecule has 0 atom stereocenters. The number of hydrogen-bond acceptors (Lipinski definition) is 3. The van der Waals surface area contributed by atoms with Crippen LogP contribution in [-0.2, 0) is 6.54 Å². The first-order valence-corrected chi connectivity index (χ1v) is 6.62. The minimum atomic E-state index is 0.0804. The molecule has 3 nitrogen and oxygen atoms in total. The van der Waals surface area contributed by atoms with E-state index in [-0.39, 0.29) is 5.54 Å². The van der Waals surface area contributed by atoms with E-state index < -0.39 is 0 Å². The Kier molecular flexibility index (Phi) is 3.76. The summed E-state index contributed by atoms with van der Waals surface area (Å²) >= 11 is 0. The molecule has 0 saturated carbocycles. The normalized spacial score (nSPS) is 11.8. The lowest BCUT2D eigenvalue weighted by Crippen LogP contribution is -2.35. The molecule has 0 fully saturated rings. The number of aromatic nitrogens is 1. The van der Waals surface area contributed by atoms with Gasteiger partial charge in [-0.15, -0.1) is 0 Å². The van der Waals surface area contributed by atoms with Crippen LogP contribution in [0.3, 0.4) is 0 Å². The Morgan fingerprint density at radius 1 is 1.11 bits per heavy atom. The van der Waals surface area contributed by atoms with Crippen molar-refractivity contribution in [1.29, 1.82) is 0 Å². The molecule has 102 valence electrons. The summed E-state index contributed by atoms with van der Waals surface area (Å²) in [6.45, 7) is 11.4. The van der Waals surface area contributed by atoms with Gasteiger partial charge < -0.3 is 9.84 Å². The molecule has 19 heavy (non-hydrogen) atoms. The summed E-state index contributed by atoms with van der Waals surface area (Å²) in [5, 5.41) is 7.41. The van der Waals surface area contributed by atoms with Crippen LogP contribution in [0.5, 0.6) is 0 Å². The van der Waals surface area contributed by atoms with E-state index in [2.05, 4.69) is 63.3 Å². The number of hydrogen-bond donors (Lipinski definition) is 1. The lowest BCUT2D eigenvalue weighted by atomic mass is 10.0. The Hall–Kier alpha value is -1.61. The summed E-state index contributed by atoms with van der Waals surface area (Å²) in [5.74, 6) is 0.864. The van der Waals surface area contributed by atoms with Crippen molar-refractivity contribution in [2.75, 3.05) is 0 Å². The summed E-state index contributed by atoms with van der Waals surface area (Å²) in [7, 11) is 0. The topological polar surface area (TPSA) is 38.1 Å². The van der Waals surface area contributed by atoms with Gasteiger partial charge in [0.1, 0.15) is 0 Å². The number of nitrogens with one attached hydrogen (secondary N) is 1. The molecule has 0 amide bonds. The third-order valence-corrected chi connectivity index (χ3v) is 2.94. The summed E-state index contributed by atoms with van der Waals surface area (Å²) < 4.78 is 5.44. The second-order valence-electron chi connectivity index (χ2n) is 6.16. The molecule has 1 aromatic heterocycles. The smallest absolute Gasteiger partial charge is 0.171 e. The Morgan fingerprint density at radius 2 is 1.74 bits per heavy atom. The van der Waals surface area contributed by atoms with E-state index in [9.17, 15) is 0 Å². The molecule has 0 aliphatic carbocycles. The van der Waals surface area contributed by atoms with Gasteiger partial charge in [-0.25, -0.2) is 0 Å². The molecule has 1 aromatic carbocycles. The van der Waals surface area contributed by atoms with Crippen LogP contribution in [0.1, 0.15) is 37.5 Å². The summed E-state index contributed by atoms with van der Waals surface area (Å²) in [6, 6.07) is 6.43. The van der Waals surface area contributed by atoms with Crippen LogP contribution in [0.15, 0.2) is 28.9 Å². The van der Waals surface area contributed by atoms with E-state index in [0.717, 1.165) is 23.4 Å². The molecule has 0 aliphatic heterocycles. The highest BCUT2D eigenvalue weighted by Crippen LogP contribution is 2.26. The molecule has 0 unspecified atom stereocenters. The van der Waals surface area contributed by atoms with Crippen LogP contribution in [0.4, 0.5) is 0 Å². The Labute approximate surface area is 115 Å². The van der Waals surface area contributed by atoms with Crippen molar-refractivity contribution in [1.82, 2.24) is 10.5 Å². The largest absolute Gasteiger partial charge is 0.356 e. The Morgan fingerprint density at radius 3 is 2.32 bits per heavy atom. The summed E-state index contributed by atoms with van der Waals surface area (Å²) in [4.78, 5) is 0. The van der Waals surface area contributed by atoms with Crippen LogP contribution < -0.4 is 5.32 Å². The number of rotatable bonds is 3. The molecule has 1 heterocycles. The predicted octanol–water partition coefficient (Wildman–Crippen LogP) is 3.85. The van der Waals surface area contributed by atoms with Gasteiger partial charge in [-0.3, -0.25) is 0 Å². The zero-order chi connectivity index (χ0) is 14.0. The molecule has 0 bridgehead atoms. The second kappa shape index (κ2) is 5.17. The minimum Gasteiger partial charge on any atom is -0.356 e. The van der Waals surface area contributed by atoms with Crippen LogP contribution >= 0.6 is 0 Å². The third kappa shape index (κ3) is 3.67. The maximum absolute atomic E-state index is 5.44. The first-order valence-electron chi connectivity index (χ1n) is 6.62. The third-order valence-electron chi connectivity index (χ3n) is 2.94. The van der Waals surface area contributed by atoms with Crippen LogP contribution in [0, 0.1) is 13.8 Å². The van der Waals surface area contributed by atoms with Gasteiger partial charge in [0, 0.05) is 23.2 Å². The molecule has 0 aliphatic rings. The monoisotopic (exact) mass is 258 g/mol. The van der Waals surface area contributed by atoms with Gasteiger partial charge in [0.2, 0.25) is 0 Å². The zero-order valence-corrected chi connectivity index (χ0v) is 12.4. The van der Waals surface area contributed by atoms with E-state index in [0.29, 0.717) is 0 Å². The fourth-order valence-electron chi connectivity index (χ4n) is 2.09. The average molecular weight is 258 g/mol. The van der Waals surface area contributed by atoms with Gasteiger partial charge in [0.15, 0.2) is 5.76 Å². The number of nitrogens with zero attached hydrogens (tertiary/aromatic N) is 1. The molecule has 0 radical (unpaired) electrons. The van der Waals surface area contributed by atoms with Crippen molar-refractivity contribution >= 4 is 0 Å². The summed E-state index contributed by atoms with van der Waals surface area (Å²) in [6.07, 6.45) is 1.80. The zero-order valence-electron chi connectivity index (χ0n) is 12.4. The standard InChI is InChI=1S/C16H22N2O/c1-11-6-12(2)8-13(7-11)15-14(10-18-19-15)9-17-16(3,4)5/h6-8,10,17H,9H2,1-5H3. The SMILES string of the molecule is Cc1cc(C)cc(-c2oncc2CNC(C)(C)C)c1. The van der Waals surface area contributed by atoms with Gasteiger partial charge in [0.05, 0.1) is 6.20 Å². The first kappa shape index (κ1) is 13.8. The van der Waals surface area contributed by atoms with Crippen molar-refractivity contribution in [3.8, 4) is 11.3 Å². The minimum absolute atomic E-state index is 0.0804. The van der Waals surface area contributed by atoms with Crippen molar-refractivity contribution in [2.24, 2.45) is 0 Å². The summed E-state index contributed by atoms with van der Waals surface area (Å²) in [5.41, 5.74) is 4.75. The van der Waals surface area contributed by atoms with Crippen molar-refractivity contribution in [3.05, 3.63) is 41.1 Å². The van der Waals surface area contributed by atoms with Gasteiger partial charge in [0.25, 0.3) is 0 Å². The lowest BCUT2D eigenvalue weighted by molar-refractivity contribution is 0.418. The van der Waals surface area contributed by atoms with Gasteiger partial charge in [-0.2, -0.15) is 0 Å². The van der Waals surface area contributed by atoms with E-state index in [1.54, 1.807) is 6.20 Å². The van der Waals surface area contributed by atoms with Gasteiger partial charge >= 0.3 is 0 Å². The number of aryl methyl sites for hydroxylation is 2. The van der Waals surface area contributed by atoms with Crippen molar-refractivity contribution in [2.45, 2.75) is 46.7 Å². The number of benzene rings is 1.